The number of carbonyl (C=O) groups is 2. The number of hydrogen-bond acceptors (Lipinski definition) is 4. The number of amides is 1. The van der Waals surface area contributed by atoms with Crippen LogP contribution in [0.4, 0.5) is 4.79 Å². The molecule has 140 valence electrons. The van der Waals surface area contributed by atoms with Crippen LogP contribution in [0.5, 0.6) is 0 Å². The first kappa shape index (κ1) is 21.0. The van der Waals surface area contributed by atoms with Gasteiger partial charge in [0, 0.05) is 19.1 Å². The Morgan fingerprint density at radius 1 is 1.28 bits per heavy atom. The van der Waals surface area contributed by atoms with Gasteiger partial charge in [-0.2, -0.15) is 0 Å². The van der Waals surface area contributed by atoms with E-state index in [1.54, 1.807) is 20.8 Å². The summed E-state index contributed by atoms with van der Waals surface area (Å²) < 4.78 is 5.20. The van der Waals surface area contributed by atoms with Crippen LogP contribution in [0.15, 0.2) is 30.3 Å². The third-order valence-electron chi connectivity index (χ3n) is 3.75. The lowest BCUT2D eigenvalue weighted by atomic mass is 9.99. The zero-order valence-corrected chi connectivity index (χ0v) is 15.6. The van der Waals surface area contributed by atoms with Gasteiger partial charge in [-0.3, -0.25) is 4.79 Å². The molecule has 1 aliphatic heterocycles. The van der Waals surface area contributed by atoms with Gasteiger partial charge in [-0.05, 0) is 46.1 Å². The van der Waals surface area contributed by atoms with Gasteiger partial charge < -0.3 is 20.5 Å². The van der Waals surface area contributed by atoms with E-state index in [1.807, 2.05) is 37.3 Å². The molecule has 1 aromatic rings. The number of ether oxygens (including phenoxy) is 1. The van der Waals surface area contributed by atoms with Gasteiger partial charge in [0.2, 0.25) is 0 Å². The van der Waals surface area contributed by atoms with Crippen LogP contribution in [0.2, 0.25) is 0 Å². The summed E-state index contributed by atoms with van der Waals surface area (Å²) in [5.74, 6) is -1.30. The van der Waals surface area contributed by atoms with E-state index < -0.39 is 23.6 Å². The van der Waals surface area contributed by atoms with Gasteiger partial charge in [-0.1, -0.05) is 30.3 Å². The smallest absolute Gasteiger partial charge is 0.410 e. The molecular weight excluding hydrogens is 320 g/mol. The molecule has 2 atom stereocenters. The average Bonchev–Trinajstić information content (AvgIpc) is 2.55. The summed E-state index contributed by atoms with van der Waals surface area (Å²) in [5.41, 5.74) is 6.27. The van der Waals surface area contributed by atoms with Gasteiger partial charge in [0.25, 0.3) is 0 Å². The number of nitrogens with zero attached hydrogens (tertiary/aromatic N) is 1. The lowest BCUT2D eigenvalue weighted by Crippen LogP contribution is -2.44. The Morgan fingerprint density at radius 2 is 1.88 bits per heavy atom. The van der Waals surface area contributed by atoms with E-state index in [0.717, 1.165) is 6.42 Å². The van der Waals surface area contributed by atoms with Crippen molar-refractivity contribution < 1.29 is 19.4 Å². The molecule has 2 rings (SSSR count). The molecule has 1 fully saturated rings. The maximum atomic E-state index is 11.7. The lowest BCUT2D eigenvalue weighted by molar-refractivity contribution is -0.143. The van der Waals surface area contributed by atoms with Gasteiger partial charge >= 0.3 is 12.1 Å². The van der Waals surface area contributed by atoms with Crippen LogP contribution >= 0.6 is 0 Å². The standard InChI is InChI=1S/C11H19NO4.C8H11N/c1-11(2,3)16-10(15)12-6-4-5-8(7-12)9(13)14;1-7(9)8-5-3-2-4-6-8/h8H,4-7H2,1-3H3,(H,13,14);2-7H,9H2,1H3/t8-;7-/m00/s1. The maximum absolute atomic E-state index is 11.7. The molecule has 0 aliphatic carbocycles. The van der Waals surface area contributed by atoms with Crippen molar-refractivity contribution in [3.8, 4) is 0 Å². The van der Waals surface area contributed by atoms with Gasteiger partial charge in [0.15, 0.2) is 0 Å². The van der Waals surface area contributed by atoms with Gasteiger partial charge in [-0.15, -0.1) is 0 Å². The van der Waals surface area contributed by atoms with Crippen LogP contribution in [0, 0.1) is 5.92 Å². The van der Waals surface area contributed by atoms with Crippen LogP contribution in [0.1, 0.15) is 52.1 Å². The highest BCUT2D eigenvalue weighted by Crippen LogP contribution is 2.19. The van der Waals surface area contributed by atoms with Gasteiger partial charge in [0.1, 0.15) is 5.60 Å². The number of likely N-dealkylation sites (tertiary alicyclic amines) is 1. The second-order valence-electron chi connectivity index (χ2n) is 7.30. The molecule has 1 aliphatic rings. The van der Waals surface area contributed by atoms with E-state index in [4.69, 9.17) is 15.6 Å². The zero-order valence-electron chi connectivity index (χ0n) is 15.6. The zero-order chi connectivity index (χ0) is 19.0. The van der Waals surface area contributed by atoms with Crippen molar-refractivity contribution in [3.63, 3.8) is 0 Å². The highest BCUT2D eigenvalue weighted by molar-refractivity contribution is 5.73. The first-order valence-electron chi connectivity index (χ1n) is 8.61. The number of carboxylic acid groups (broad SMARTS) is 1. The third-order valence-corrected chi connectivity index (χ3v) is 3.75. The van der Waals surface area contributed by atoms with Crippen molar-refractivity contribution in [2.24, 2.45) is 11.7 Å². The molecule has 1 amide bonds. The Hall–Kier alpha value is -2.08. The van der Waals surface area contributed by atoms with Gasteiger partial charge in [0.05, 0.1) is 5.92 Å². The normalized spacial score (nSPS) is 18.6. The van der Waals surface area contributed by atoms with Crippen LogP contribution in [0.25, 0.3) is 0 Å². The minimum atomic E-state index is -0.840. The minimum absolute atomic E-state index is 0.159. The monoisotopic (exact) mass is 350 g/mol. The topological polar surface area (TPSA) is 92.9 Å². The Labute approximate surface area is 150 Å². The molecule has 0 aromatic heterocycles. The molecule has 1 aromatic carbocycles. The molecule has 0 bridgehead atoms. The van der Waals surface area contributed by atoms with E-state index in [0.29, 0.717) is 13.0 Å². The Bertz CT molecular complexity index is 552. The molecule has 0 saturated carbocycles. The fraction of sp³-hybridized carbons (Fsp3) is 0.579. The summed E-state index contributed by atoms with van der Waals surface area (Å²) >= 11 is 0. The first-order chi connectivity index (χ1) is 11.6. The summed E-state index contributed by atoms with van der Waals surface area (Å²) in [5, 5.41) is 8.89. The molecule has 6 nitrogen and oxygen atoms in total. The Kier molecular flexibility index (Phi) is 7.90. The maximum Gasteiger partial charge on any atom is 0.410 e. The van der Waals surface area contributed by atoms with E-state index >= 15 is 0 Å². The number of carbonyl (C=O) groups excluding carboxylic acids is 1. The molecule has 6 heteroatoms. The van der Waals surface area contributed by atoms with Crippen molar-refractivity contribution >= 4 is 12.1 Å². The SMILES string of the molecule is CC(C)(C)OC(=O)N1CCC[C@H](C(=O)O)C1.C[C@H](N)c1ccccc1. The van der Waals surface area contributed by atoms with Crippen molar-refractivity contribution in [1.29, 1.82) is 0 Å². The van der Waals surface area contributed by atoms with E-state index in [1.165, 1.54) is 10.5 Å². The Morgan fingerprint density at radius 3 is 2.32 bits per heavy atom. The Balaban J connectivity index is 0.000000293. The van der Waals surface area contributed by atoms with E-state index in [9.17, 15) is 9.59 Å². The summed E-state index contributed by atoms with van der Waals surface area (Å²) in [6, 6.07) is 10.2. The van der Waals surface area contributed by atoms with Crippen molar-refractivity contribution in [2.45, 2.75) is 52.2 Å². The van der Waals surface area contributed by atoms with E-state index in [2.05, 4.69) is 0 Å². The van der Waals surface area contributed by atoms with Crippen molar-refractivity contribution in [3.05, 3.63) is 35.9 Å². The first-order valence-corrected chi connectivity index (χ1v) is 8.61. The van der Waals surface area contributed by atoms with E-state index in [-0.39, 0.29) is 12.6 Å². The molecule has 0 radical (unpaired) electrons. The third kappa shape index (κ3) is 8.03. The minimum Gasteiger partial charge on any atom is -0.481 e. The predicted octanol–water partition coefficient (Wildman–Crippen LogP) is 3.42. The molecule has 25 heavy (non-hydrogen) atoms. The molecular formula is C19H30N2O4. The molecule has 3 N–H and O–H groups in total. The number of carboxylic acids is 1. The number of piperidine rings is 1. The molecule has 0 spiro atoms. The largest absolute Gasteiger partial charge is 0.481 e. The number of benzene rings is 1. The number of aliphatic carboxylic acids is 1. The van der Waals surface area contributed by atoms with Crippen molar-refractivity contribution in [1.82, 2.24) is 4.90 Å². The quantitative estimate of drug-likeness (QED) is 0.852. The number of hydrogen-bond donors (Lipinski definition) is 2. The predicted molar refractivity (Wildman–Crippen MR) is 97.2 cm³/mol. The average molecular weight is 350 g/mol. The highest BCUT2D eigenvalue weighted by atomic mass is 16.6. The van der Waals surface area contributed by atoms with Crippen LogP contribution in [-0.2, 0) is 9.53 Å². The van der Waals surface area contributed by atoms with Crippen LogP contribution < -0.4 is 5.73 Å². The molecule has 0 unspecified atom stereocenters. The van der Waals surface area contributed by atoms with Gasteiger partial charge in [-0.25, -0.2) is 4.79 Å². The highest BCUT2D eigenvalue weighted by Gasteiger charge is 2.30. The van der Waals surface area contributed by atoms with Crippen molar-refractivity contribution in [2.75, 3.05) is 13.1 Å². The van der Waals surface area contributed by atoms with Crippen LogP contribution in [-0.4, -0.2) is 40.8 Å². The second-order valence-corrected chi connectivity index (χ2v) is 7.30. The fourth-order valence-corrected chi connectivity index (χ4v) is 2.43. The summed E-state index contributed by atoms with van der Waals surface area (Å²) in [7, 11) is 0. The summed E-state index contributed by atoms with van der Waals surface area (Å²) in [4.78, 5) is 24.0. The summed E-state index contributed by atoms with van der Waals surface area (Å²) in [6.45, 7) is 8.20. The second kappa shape index (κ2) is 9.42. The fourth-order valence-electron chi connectivity index (χ4n) is 2.43. The number of rotatable bonds is 2. The molecule has 1 heterocycles. The molecule has 1 saturated heterocycles. The number of nitrogens with two attached hydrogens (primary N) is 1. The lowest BCUT2D eigenvalue weighted by Gasteiger charge is -2.32. The van der Waals surface area contributed by atoms with Crippen LogP contribution in [0.3, 0.4) is 0 Å². The summed E-state index contributed by atoms with van der Waals surface area (Å²) in [6.07, 6.45) is 0.934.